The largest absolute Gasteiger partial charge is 0.379 e. The third-order valence-electron chi connectivity index (χ3n) is 4.55. The van der Waals surface area contributed by atoms with E-state index in [2.05, 4.69) is 10.00 Å². The summed E-state index contributed by atoms with van der Waals surface area (Å²) >= 11 is 0. The highest BCUT2D eigenvalue weighted by atomic mass is 16.7. The molecule has 140 valence electrons. The Labute approximate surface area is 155 Å². The molecule has 2 aromatic rings. The van der Waals surface area contributed by atoms with Gasteiger partial charge in [-0.2, -0.15) is 5.10 Å². The first-order valence-corrected chi connectivity index (χ1v) is 8.66. The maximum absolute atomic E-state index is 12.3. The predicted molar refractivity (Wildman–Crippen MR) is 91.8 cm³/mol. The second kappa shape index (κ2) is 7.29. The fraction of sp³-hybridized carbons (Fsp3) is 0.333. The van der Waals surface area contributed by atoms with Gasteiger partial charge in [-0.25, -0.2) is 4.79 Å². The van der Waals surface area contributed by atoms with Crippen LogP contribution in [0, 0.1) is 0 Å². The number of imide groups is 1. The second-order valence-electron chi connectivity index (χ2n) is 6.28. The zero-order valence-electron chi connectivity index (χ0n) is 14.5. The SMILES string of the molecule is O=C(ON1C(=O)c2ccccc2C1=O)c1cnn(CCN2CCOCC2)c1. The molecule has 0 saturated carbocycles. The first kappa shape index (κ1) is 17.4. The minimum Gasteiger partial charge on any atom is -0.379 e. The Balaban J connectivity index is 1.37. The topological polar surface area (TPSA) is 94.0 Å². The summed E-state index contributed by atoms with van der Waals surface area (Å²) in [6.45, 7) is 4.58. The highest BCUT2D eigenvalue weighted by molar-refractivity contribution is 6.21. The van der Waals surface area contributed by atoms with Gasteiger partial charge in [0.15, 0.2) is 0 Å². The average Bonchev–Trinajstić information content (AvgIpc) is 3.27. The summed E-state index contributed by atoms with van der Waals surface area (Å²) in [5, 5.41) is 4.64. The van der Waals surface area contributed by atoms with Crippen LogP contribution in [0.25, 0.3) is 0 Å². The second-order valence-corrected chi connectivity index (χ2v) is 6.28. The van der Waals surface area contributed by atoms with E-state index in [1.165, 1.54) is 18.3 Å². The molecule has 0 unspecified atom stereocenters. The summed E-state index contributed by atoms with van der Waals surface area (Å²) in [4.78, 5) is 44.1. The van der Waals surface area contributed by atoms with E-state index in [0.717, 1.165) is 32.8 Å². The zero-order chi connectivity index (χ0) is 18.8. The van der Waals surface area contributed by atoms with Crippen molar-refractivity contribution in [2.45, 2.75) is 6.54 Å². The van der Waals surface area contributed by atoms with Crippen LogP contribution in [0.15, 0.2) is 36.7 Å². The van der Waals surface area contributed by atoms with E-state index in [9.17, 15) is 14.4 Å². The number of aromatic nitrogens is 2. The maximum atomic E-state index is 12.3. The molecule has 1 aromatic carbocycles. The summed E-state index contributed by atoms with van der Waals surface area (Å²) < 4.78 is 6.94. The van der Waals surface area contributed by atoms with Gasteiger partial charge < -0.3 is 9.57 Å². The number of amides is 2. The predicted octanol–water partition coefficient (Wildman–Crippen LogP) is 0.583. The van der Waals surface area contributed by atoms with Gasteiger partial charge in [-0.1, -0.05) is 17.2 Å². The van der Waals surface area contributed by atoms with E-state index in [-0.39, 0.29) is 16.7 Å². The highest BCUT2D eigenvalue weighted by Gasteiger charge is 2.38. The number of carbonyl (C=O) groups excluding carboxylic acids is 3. The Morgan fingerprint density at radius 2 is 1.74 bits per heavy atom. The fourth-order valence-corrected chi connectivity index (χ4v) is 3.05. The summed E-state index contributed by atoms with van der Waals surface area (Å²) in [5.74, 6) is -2.10. The molecular weight excluding hydrogens is 352 g/mol. The molecule has 3 heterocycles. The summed E-state index contributed by atoms with van der Waals surface area (Å²) in [6, 6.07) is 6.34. The maximum Gasteiger partial charge on any atom is 0.367 e. The van der Waals surface area contributed by atoms with E-state index in [0.29, 0.717) is 11.6 Å². The summed E-state index contributed by atoms with van der Waals surface area (Å²) in [5.41, 5.74) is 0.613. The minimum absolute atomic E-state index is 0.175. The van der Waals surface area contributed by atoms with Crippen molar-refractivity contribution in [3.05, 3.63) is 53.3 Å². The number of nitrogens with zero attached hydrogens (tertiary/aromatic N) is 4. The Hall–Kier alpha value is -3.04. The van der Waals surface area contributed by atoms with E-state index in [1.807, 2.05) is 0 Å². The lowest BCUT2D eigenvalue weighted by molar-refractivity contribution is -0.0584. The smallest absolute Gasteiger partial charge is 0.367 e. The number of rotatable bonds is 5. The molecule has 0 radical (unpaired) electrons. The number of carbonyl (C=O) groups is 3. The summed E-state index contributed by atoms with van der Waals surface area (Å²) in [7, 11) is 0. The van der Waals surface area contributed by atoms with Crippen molar-refractivity contribution in [2.24, 2.45) is 0 Å². The minimum atomic E-state index is -0.804. The van der Waals surface area contributed by atoms with Gasteiger partial charge in [0.2, 0.25) is 0 Å². The van der Waals surface area contributed by atoms with Crippen LogP contribution in [0.3, 0.4) is 0 Å². The number of hydrogen-bond acceptors (Lipinski definition) is 7. The van der Waals surface area contributed by atoms with E-state index >= 15 is 0 Å². The van der Waals surface area contributed by atoms with E-state index in [1.54, 1.807) is 23.0 Å². The van der Waals surface area contributed by atoms with Gasteiger partial charge in [-0.3, -0.25) is 19.2 Å². The molecule has 0 bridgehead atoms. The number of fused-ring (bicyclic) bond motifs is 1. The molecule has 0 atom stereocenters. The zero-order valence-corrected chi connectivity index (χ0v) is 14.5. The monoisotopic (exact) mass is 370 g/mol. The van der Waals surface area contributed by atoms with Crippen LogP contribution in [0.1, 0.15) is 31.1 Å². The van der Waals surface area contributed by atoms with Crippen molar-refractivity contribution >= 4 is 17.8 Å². The molecule has 4 rings (SSSR count). The van der Waals surface area contributed by atoms with E-state index in [4.69, 9.17) is 9.57 Å². The number of hydrogen-bond donors (Lipinski definition) is 0. The lowest BCUT2D eigenvalue weighted by Gasteiger charge is -2.26. The van der Waals surface area contributed by atoms with Crippen LogP contribution >= 0.6 is 0 Å². The molecule has 0 N–H and O–H groups in total. The van der Waals surface area contributed by atoms with Gasteiger partial charge in [0, 0.05) is 25.8 Å². The third kappa shape index (κ3) is 3.46. The molecule has 1 aromatic heterocycles. The Kier molecular flexibility index (Phi) is 4.69. The molecule has 0 spiro atoms. The number of benzene rings is 1. The molecule has 9 nitrogen and oxygen atoms in total. The summed E-state index contributed by atoms with van der Waals surface area (Å²) in [6.07, 6.45) is 2.90. The van der Waals surface area contributed by atoms with Gasteiger partial charge in [0.1, 0.15) is 0 Å². The van der Waals surface area contributed by atoms with Gasteiger partial charge in [0.25, 0.3) is 11.8 Å². The normalized spacial score (nSPS) is 17.3. The van der Waals surface area contributed by atoms with Gasteiger partial charge in [-0.05, 0) is 12.1 Å². The highest BCUT2D eigenvalue weighted by Crippen LogP contribution is 2.23. The molecule has 2 aliphatic rings. The van der Waals surface area contributed by atoms with Crippen molar-refractivity contribution in [3.63, 3.8) is 0 Å². The number of morpholine rings is 1. The van der Waals surface area contributed by atoms with Crippen molar-refractivity contribution in [1.29, 1.82) is 0 Å². The molecule has 2 aliphatic heterocycles. The molecular formula is C18H18N4O5. The van der Waals surface area contributed by atoms with Crippen molar-refractivity contribution in [1.82, 2.24) is 19.7 Å². The van der Waals surface area contributed by atoms with Crippen LogP contribution in [0.4, 0.5) is 0 Å². The molecule has 9 heteroatoms. The molecule has 1 saturated heterocycles. The Morgan fingerprint density at radius 1 is 1.07 bits per heavy atom. The standard InChI is InChI=1S/C18H18N4O5/c23-16-14-3-1-2-4-15(14)17(24)22(16)27-18(25)13-11-19-21(12-13)6-5-20-7-9-26-10-8-20/h1-4,11-12H,5-10H2. The van der Waals surface area contributed by atoms with Gasteiger partial charge >= 0.3 is 5.97 Å². The van der Waals surface area contributed by atoms with Crippen molar-refractivity contribution in [2.75, 3.05) is 32.8 Å². The van der Waals surface area contributed by atoms with Gasteiger partial charge in [-0.15, -0.1) is 0 Å². The third-order valence-corrected chi connectivity index (χ3v) is 4.55. The quantitative estimate of drug-likeness (QED) is 0.711. The lowest BCUT2D eigenvalue weighted by atomic mass is 10.1. The van der Waals surface area contributed by atoms with Crippen LogP contribution in [0.2, 0.25) is 0 Å². The van der Waals surface area contributed by atoms with Crippen LogP contribution in [-0.2, 0) is 16.1 Å². The average molecular weight is 370 g/mol. The number of ether oxygens (including phenoxy) is 1. The molecule has 2 amide bonds. The first-order valence-electron chi connectivity index (χ1n) is 8.66. The van der Waals surface area contributed by atoms with Crippen LogP contribution in [0.5, 0.6) is 0 Å². The Morgan fingerprint density at radius 3 is 2.41 bits per heavy atom. The fourth-order valence-electron chi connectivity index (χ4n) is 3.05. The lowest BCUT2D eigenvalue weighted by Crippen LogP contribution is -2.38. The van der Waals surface area contributed by atoms with Crippen LogP contribution in [-0.4, -0.2) is 70.4 Å². The van der Waals surface area contributed by atoms with Crippen LogP contribution < -0.4 is 0 Å². The molecule has 0 aliphatic carbocycles. The van der Waals surface area contributed by atoms with Crippen molar-refractivity contribution in [3.8, 4) is 0 Å². The first-order chi connectivity index (χ1) is 13.1. The van der Waals surface area contributed by atoms with Gasteiger partial charge in [0.05, 0.1) is 42.6 Å². The van der Waals surface area contributed by atoms with E-state index < -0.39 is 17.8 Å². The Bertz CT molecular complexity index is 852. The molecule has 1 fully saturated rings. The van der Waals surface area contributed by atoms with Crippen molar-refractivity contribution < 1.29 is 24.0 Å². The molecule has 27 heavy (non-hydrogen) atoms. The number of hydroxylamine groups is 2.